The second-order valence-corrected chi connectivity index (χ2v) is 7.11. The van der Waals surface area contributed by atoms with Crippen LogP contribution in [0.2, 0.25) is 5.02 Å². The summed E-state index contributed by atoms with van der Waals surface area (Å²) in [4.78, 5) is 25.0. The summed E-state index contributed by atoms with van der Waals surface area (Å²) in [7, 11) is 0. The predicted molar refractivity (Wildman–Crippen MR) is 110 cm³/mol. The second-order valence-electron chi connectivity index (χ2n) is 6.67. The first-order valence-electron chi connectivity index (χ1n) is 9.59. The highest BCUT2D eigenvalue weighted by Gasteiger charge is 2.18. The minimum absolute atomic E-state index is 0.260. The number of carbonyl (C=O) groups is 1. The number of fused-ring (bicyclic) bond motifs is 1. The van der Waals surface area contributed by atoms with Gasteiger partial charge < -0.3 is 15.0 Å². The molecular formula is C20H23ClFN5O2. The van der Waals surface area contributed by atoms with E-state index in [1.54, 1.807) is 25.4 Å². The van der Waals surface area contributed by atoms with Gasteiger partial charge in [0.15, 0.2) is 17.5 Å². The average molecular weight is 420 g/mol. The maximum absolute atomic E-state index is 14.1. The molecule has 0 spiro atoms. The van der Waals surface area contributed by atoms with Crippen molar-refractivity contribution < 1.29 is 13.9 Å². The highest BCUT2D eigenvalue weighted by molar-refractivity contribution is 6.31. The van der Waals surface area contributed by atoms with Crippen molar-refractivity contribution in [3.8, 4) is 11.4 Å². The number of H-pyrrole nitrogens is 1. The summed E-state index contributed by atoms with van der Waals surface area (Å²) in [6.07, 6.45) is 10.2. The van der Waals surface area contributed by atoms with Gasteiger partial charge in [-0.2, -0.15) is 0 Å². The Hall–Kier alpha value is -2.74. The van der Waals surface area contributed by atoms with Crippen molar-refractivity contribution in [3.05, 3.63) is 35.5 Å². The molecule has 0 bridgehead atoms. The van der Waals surface area contributed by atoms with E-state index in [-0.39, 0.29) is 11.9 Å². The lowest BCUT2D eigenvalue weighted by molar-refractivity contribution is -0.128. The molecule has 0 radical (unpaired) electrons. The molecule has 1 fully saturated rings. The van der Waals surface area contributed by atoms with Gasteiger partial charge in [-0.3, -0.25) is 4.79 Å². The number of carbonyl (C=O) groups excluding carboxylic acids is 1. The maximum atomic E-state index is 14.1. The molecule has 0 atom stereocenters. The van der Waals surface area contributed by atoms with E-state index in [1.165, 1.54) is 25.5 Å². The number of nitrogens with zero attached hydrogens (tertiary/aromatic N) is 3. The summed E-state index contributed by atoms with van der Waals surface area (Å²) < 4.78 is 18.3. The van der Waals surface area contributed by atoms with E-state index in [1.807, 2.05) is 0 Å². The molecule has 29 heavy (non-hydrogen) atoms. The molecule has 3 heterocycles. The van der Waals surface area contributed by atoms with E-state index < -0.39 is 5.82 Å². The van der Waals surface area contributed by atoms with Gasteiger partial charge in [-0.25, -0.2) is 19.3 Å². The fourth-order valence-corrected chi connectivity index (χ4v) is 3.43. The molecular weight excluding hydrogens is 397 g/mol. The van der Waals surface area contributed by atoms with Crippen molar-refractivity contribution in [2.45, 2.75) is 45.1 Å². The molecule has 1 aliphatic carbocycles. The third-order valence-electron chi connectivity index (χ3n) is 4.66. The number of halogens is 2. The molecule has 0 amide bonds. The first-order valence-corrected chi connectivity index (χ1v) is 9.97. The van der Waals surface area contributed by atoms with Gasteiger partial charge in [-0.15, -0.1) is 0 Å². The quantitative estimate of drug-likeness (QED) is 0.580. The molecule has 0 aromatic carbocycles. The molecule has 3 aromatic heterocycles. The molecule has 7 nitrogen and oxygen atoms in total. The van der Waals surface area contributed by atoms with Gasteiger partial charge in [0.25, 0.3) is 6.47 Å². The van der Waals surface area contributed by atoms with Crippen LogP contribution in [-0.2, 0) is 9.53 Å². The number of rotatable bonds is 5. The minimum atomic E-state index is -0.430. The molecule has 2 N–H and O–H groups in total. The molecule has 154 valence electrons. The number of ether oxygens (including phenoxy) is 1. The SMILES string of the molecule is CCOC=O.Fc1cnc(-c2c[nH]c3ncc(Cl)cc23)nc1NC1CCCCC1. The lowest BCUT2D eigenvalue weighted by Crippen LogP contribution is -2.23. The fraction of sp³-hybridized carbons (Fsp3) is 0.400. The van der Waals surface area contributed by atoms with Crippen LogP contribution < -0.4 is 5.32 Å². The summed E-state index contributed by atoms with van der Waals surface area (Å²) >= 11 is 6.03. The van der Waals surface area contributed by atoms with E-state index in [0.717, 1.165) is 23.8 Å². The maximum Gasteiger partial charge on any atom is 0.293 e. The van der Waals surface area contributed by atoms with E-state index >= 15 is 0 Å². The van der Waals surface area contributed by atoms with Gasteiger partial charge in [0.05, 0.1) is 17.8 Å². The highest BCUT2D eigenvalue weighted by Crippen LogP contribution is 2.29. The standard InChI is InChI=1S/C17H17ClFN5.C3H6O2/c18-10-6-12-13(8-21-15(12)20-7-10)16-22-9-14(19)17(24-16)23-11-4-2-1-3-5-11;1-2-5-3-4/h6-9,11H,1-5H2,(H,20,21)(H,22,23,24);3H,2H2,1H3. The Kier molecular flexibility index (Phi) is 7.35. The monoisotopic (exact) mass is 419 g/mol. The zero-order valence-corrected chi connectivity index (χ0v) is 16.9. The average Bonchev–Trinajstić information content (AvgIpc) is 3.14. The van der Waals surface area contributed by atoms with Crippen LogP contribution in [0.5, 0.6) is 0 Å². The van der Waals surface area contributed by atoms with Crippen LogP contribution in [0.3, 0.4) is 0 Å². The van der Waals surface area contributed by atoms with Crippen LogP contribution in [-0.4, -0.2) is 39.1 Å². The minimum Gasteiger partial charge on any atom is -0.468 e. The van der Waals surface area contributed by atoms with Gasteiger partial charge in [0, 0.05) is 29.4 Å². The Morgan fingerprint density at radius 1 is 1.31 bits per heavy atom. The van der Waals surface area contributed by atoms with Crippen molar-refractivity contribution >= 4 is 34.9 Å². The summed E-state index contributed by atoms with van der Waals surface area (Å²) in [5.74, 6) is 0.279. The molecule has 0 unspecified atom stereocenters. The summed E-state index contributed by atoms with van der Waals surface area (Å²) in [5.41, 5.74) is 1.45. The van der Waals surface area contributed by atoms with Crippen LogP contribution in [0.25, 0.3) is 22.4 Å². The zero-order valence-electron chi connectivity index (χ0n) is 16.1. The van der Waals surface area contributed by atoms with Crippen LogP contribution in [0.1, 0.15) is 39.0 Å². The summed E-state index contributed by atoms with van der Waals surface area (Å²) in [6, 6.07) is 2.08. The molecule has 0 saturated heterocycles. The second kappa shape index (κ2) is 10.2. The van der Waals surface area contributed by atoms with Crippen LogP contribution in [0, 0.1) is 5.82 Å². The van der Waals surface area contributed by atoms with Gasteiger partial charge in [-0.05, 0) is 25.8 Å². The van der Waals surface area contributed by atoms with Crippen LogP contribution in [0.15, 0.2) is 24.7 Å². The molecule has 1 saturated carbocycles. The molecule has 1 aliphatic rings. The third-order valence-corrected chi connectivity index (χ3v) is 4.87. The Balaban J connectivity index is 0.000000431. The highest BCUT2D eigenvalue weighted by atomic mass is 35.5. The Morgan fingerprint density at radius 3 is 2.79 bits per heavy atom. The van der Waals surface area contributed by atoms with Crippen LogP contribution in [0.4, 0.5) is 10.2 Å². The van der Waals surface area contributed by atoms with Crippen molar-refractivity contribution in [1.82, 2.24) is 19.9 Å². The smallest absolute Gasteiger partial charge is 0.293 e. The fourth-order valence-electron chi connectivity index (χ4n) is 3.27. The first-order chi connectivity index (χ1) is 14.1. The number of pyridine rings is 1. The first kappa shape index (κ1) is 21.0. The Labute approximate surface area is 173 Å². The van der Waals surface area contributed by atoms with E-state index in [9.17, 15) is 9.18 Å². The normalized spacial score (nSPS) is 14.2. The molecule has 3 aromatic rings. The number of nitrogens with one attached hydrogen (secondary N) is 2. The number of hydrogen-bond donors (Lipinski definition) is 2. The number of aromatic nitrogens is 4. The van der Waals surface area contributed by atoms with Crippen molar-refractivity contribution in [1.29, 1.82) is 0 Å². The van der Waals surface area contributed by atoms with Crippen LogP contribution >= 0.6 is 11.6 Å². The van der Waals surface area contributed by atoms with E-state index in [0.29, 0.717) is 29.6 Å². The van der Waals surface area contributed by atoms with Crippen molar-refractivity contribution in [2.24, 2.45) is 0 Å². The zero-order chi connectivity index (χ0) is 20.6. The summed E-state index contributed by atoms with van der Waals surface area (Å²) in [6.45, 7) is 2.66. The van der Waals surface area contributed by atoms with Crippen molar-refractivity contribution in [2.75, 3.05) is 11.9 Å². The number of aromatic amines is 1. The lowest BCUT2D eigenvalue weighted by Gasteiger charge is -2.23. The molecule has 9 heteroatoms. The number of anilines is 1. The topological polar surface area (TPSA) is 92.8 Å². The molecule has 0 aliphatic heterocycles. The largest absolute Gasteiger partial charge is 0.468 e. The van der Waals surface area contributed by atoms with Gasteiger partial charge in [0.2, 0.25) is 0 Å². The summed E-state index contributed by atoms with van der Waals surface area (Å²) in [5, 5.41) is 4.58. The Morgan fingerprint density at radius 2 is 2.10 bits per heavy atom. The van der Waals surface area contributed by atoms with Crippen molar-refractivity contribution in [3.63, 3.8) is 0 Å². The Bertz CT molecular complexity index is 959. The third kappa shape index (κ3) is 5.41. The van der Waals surface area contributed by atoms with E-state index in [4.69, 9.17) is 11.6 Å². The predicted octanol–water partition coefficient (Wildman–Crippen LogP) is 4.74. The lowest BCUT2D eigenvalue weighted by atomic mass is 9.95. The van der Waals surface area contributed by atoms with E-state index in [2.05, 4.69) is 30.0 Å². The van der Waals surface area contributed by atoms with Gasteiger partial charge in [0.1, 0.15) is 5.65 Å². The number of hydrogen-bond acceptors (Lipinski definition) is 6. The van der Waals surface area contributed by atoms with Gasteiger partial charge in [-0.1, -0.05) is 30.9 Å². The molecule has 4 rings (SSSR count). The van der Waals surface area contributed by atoms with Gasteiger partial charge >= 0.3 is 0 Å².